The van der Waals surface area contributed by atoms with Crippen LogP contribution >= 0.6 is 0 Å². The first-order valence-electron chi connectivity index (χ1n) is 3.99. The maximum absolute atomic E-state index is 9.95. The third-order valence-corrected chi connectivity index (χ3v) is 1.43. The van der Waals surface area contributed by atoms with Crippen LogP contribution in [-0.2, 0) is 9.59 Å². The molecule has 0 fully saturated rings. The Morgan fingerprint density at radius 2 is 1.55 bits per heavy atom. The lowest BCUT2D eigenvalue weighted by atomic mass is 10.0. The number of carbonyl (C=O) groups excluding carboxylic acids is 2. The highest BCUT2D eigenvalue weighted by Crippen LogP contribution is 2.04. The first-order valence-corrected chi connectivity index (χ1v) is 3.99. The van der Waals surface area contributed by atoms with Gasteiger partial charge in [-0.3, -0.25) is 0 Å². The van der Waals surface area contributed by atoms with Crippen LogP contribution in [0.15, 0.2) is 0 Å². The molecular formula is C9H18O2. The lowest BCUT2D eigenvalue weighted by Gasteiger charge is -2.04. The van der Waals surface area contributed by atoms with Crippen LogP contribution in [0.1, 0.15) is 34.1 Å². The first kappa shape index (κ1) is 13.0. The van der Waals surface area contributed by atoms with Gasteiger partial charge in [-0.25, -0.2) is 0 Å². The van der Waals surface area contributed by atoms with Crippen LogP contribution in [0.5, 0.6) is 0 Å². The summed E-state index contributed by atoms with van der Waals surface area (Å²) in [5.41, 5.74) is 0. The molecule has 11 heavy (non-hydrogen) atoms. The number of carbonyl (C=O) groups is 2. The minimum absolute atomic E-state index is 0.222. The highest BCUT2D eigenvalue weighted by molar-refractivity contribution is 5.52. The van der Waals surface area contributed by atoms with E-state index in [4.69, 9.17) is 0 Å². The van der Waals surface area contributed by atoms with Gasteiger partial charge in [-0.15, -0.1) is 0 Å². The molecule has 0 spiro atoms. The molecule has 0 saturated carbocycles. The van der Waals surface area contributed by atoms with Gasteiger partial charge in [-0.1, -0.05) is 27.7 Å². The van der Waals surface area contributed by atoms with Crippen molar-refractivity contribution in [2.24, 2.45) is 11.8 Å². The molecular weight excluding hydrogens is 140 g/mol. The van der Waals surface area contributed by atoms with Gasteiger partial charge in [0.2, 0.25) is 0 Å². The molecule has 2 nitrogen and oxygen atoms in total. The van der Waals surface area contributed by atoms with Crippen LogP contribution in [0.25, 0.3) is 0 Å². The molecule has 2 heteroatoms. The third-order valence-electron chi connectivity index (χ3n) is 1.43. The van der Waals surface area contributed by atoms with Crippen LogP contribution < -0.4 is 0 Å². The molecule has 0 aliphatic rings. The van der Waals surface area contributed by atoms with Crippen LogP contribution in [0.3, 0.4) is 0 Å². The summed E-state index contributed by atoms with van der Waals surface area (Å²) in [6.07, 6.45) is 2.50. The lowest BCUT2D eigenvalue weighted by molar-refractivity contribution is -0.111. The Bertz CT molecular complexity index is 97.7. The zero-order valence-electron chi connectivity index (χ0n) is 7.83. The zero-order valence-corrected chi connectivity index (χ0v) is 7.83. The fourth-order valence-corrected chi connectivity index (χ4v) is 0.157. The summed E-state index contributed by atoms with van der Waals surface area (Å²) in [6, 6.07) is 0. The number of rotatable bonds is 3. The minimum atomic E-state index is 0.222. The summed E-state index contributed by atoms with van der Waals surface area (Å²) in [7, 11) is 0. The van der Waals surface area contributed by atoms with Gasteiger partial charge in [-0.05, 0) is 5.92 Å². The molecule has 66 valence electrons. The van der Waals surface area contributed by atoms with Crippen LogP contribution in [-0.4, -0.2) is 12.6 Å². The standard InChI is InChI=1S/C6H12O.C3H6O/c1-5(2)6(3)4-7;1-2-3-4/h4-6H,1-3H3;3H,2H2,1H3. The SMILES string of the molecule is CC(C)C(C)C=O.CCC=O. The molecule has 0 aromatic heterocycles. The lowest BCUT2D eigenvalue weighted by Crippen LogP contribution is -2.03. The van der Waals surface area contributed by atoms with E-state index < -0.39 is 0 Å². The monoisotopic (exact) mass is 158 g/mol. The molecule has 0 aliphatic heterocycles. The second kappa shape index (κ2) is 9.34. The summed E-state index contributed by atoms with van der Waals surface area (Å²) in [5.74, 6) is 0.720. The molecule has 0 rings (SSSR count). The van der Waals surface area contributed by atoms with Gasteiger partial charge in [0, 0.05) is 12.3 Å². The Hall–Kier alpha value is -0.660. The van der Waals surface area contributed by atoms with E-state index >= 15 is 0 Å². The average molecular weight is 158 g/mol. The number of aldehydes is 2. The summed E-state index contributed by atoms with van der Waals surface area (Å²) in [6.45, 7) is 7.82. The van der Waals surface area contributed by atoms with Crippen molar-refractivity contribution in [1.29, 1.82) is 0 Å². The zero-order chi connectivity index (χ0) is 9.28. The molecule has 0 bridgehead atoms. The highest BCUT2D eigenvalue weighted by Gasteiger charge is 2.02. The predicted molar refractivity (Wildman–Crippen MR) is 46.4 cm³/mol. The summed E-state index contributed by atoms with van der Waals surface area (Å²) in [4.78, 5) is 19.1. The van der Waals surface area contributed by atoms with E-state index in [-0.39, 0.29) is 5.92 Å². The predicted octanol–water partition coefficient (Wildman–Crippen LogP) is 2.07. The number of hydrogen-bond donors (Lipinski definition) is 0. The van der Waals surface area contributed by atoms with Gasteiger partial charge in [0.15, 0.2) is 0 Å². The Balaban J connectivity index is 0. The van der Waals surface area contributed by atoms with Gasteiger partial charge >= 0.3 is 0 Å². The fourth-order valence-electron chi connectivity index (χ4n) is 0.157. The molecule has 0 aromatic rings. The fraction of sp³-hybridized carbons (Fsp3) is 0.778. The molecule has 0 heterocycles. The summed E-state index contributed by atoms with van der Waals surface area (Å²) < 4.78 is 0. The Morgan fingerprint density at radius 1 is 1.18 bits per heavy atom. The van der Waals surface area contributed by atoms with Gasteiger partial charge < -0.3 is 9.59 Å². The van der Waals surface area contributed by atoms with Gasteiger partial charge in [0.25, 0.3) is 0 Å². The largest absolute Gasteiger partial charge is 0.303 e. The topological polar surface area (TPSA) is 34.1 Å². The second-order valence-corrected chi connectivity index (χ2v) is 2.81. The maximum Gasteiger partial charge on any atom is 0.123 e. The normalized spacial score (nSPS) is 11.4. The van der Waals surface area contributed by atoms with Crippen molar-refractivity contribution in [3.8, 4) is 0 Å². The minimum Gasteiger partial charge on any atom is -0.303 e. The molecule has 0 aliphatic carbocycles. The van der Waals surface area contributed by atoms with E-state index in [1.54, 1.807) is 0 Å². The molecule has 0 saturated heterocycles. The van der Waals surface area contributed by atoms with E-state index in [2.05, 4.69) is 0 Å². The molecule has 0 N–H and O–H groups in total. The van der Waals surface area contributed by atoms with Crippen LogP contribution in [0.2, 0.25) is 0 Å². The van der Waals surface area contributed by atoms with Crippen LogP contribution in [0.4, 0.5) is 0 Å². The Labute approximate surface area is 69.0 Å². The molecule has 0 amide bonds. The quantitative estimate of drug-likeness (QED) is 0.589. The van der Waals surface area contributed by atoms with E-state index in [9.17, 15) is 9.59 Å². The van der Waals surface area contributed by atoms with E-state index in [0.29, 0.717) is 12.3 Å². The Kier molecular flexibility index (Phi) is 11.0. The summed E-state index contributed by atoms with van der Waals surface area (Å²) >= 11 is 0. The van der Waals surface area contributed by atoms with Crippen LogP contribution in [0, 0.1) is 11.8 Å². The molecule has 1 atom stereocenters. The number of hydrogen-bond acceptors (Lipinski definition) is 2. The molecule has 0 radical (unpaired) electrons. The van der Waals surface area contributed by atoms with Crippen molar-refractivity contribution in [1.82, 2.24) is 0 Å². The van der Waals surface area contributed by atoms with Crippen molar-refractivity contribution in [2.75, 3.05) is 0 Å². The third kappa shape index (κ3) is 12.5. The smallest absolute Gasteiger partial charge is 0.123 e. The second-order valence-electron chi connectivity index (χ2n) is 2.81. The van der Waals surface area contributed by atoms with E-state index in [0.717, 1.165) is 12.6 Å². The van der Waals surface area contributed by atoms with E-state index in [1.165, 1.54) is 0 Å². The van der Waals surface area contributed by atoms with Crippen molar-refractivity contribution in [2.45, 2.75) is 34.1 Å². The van der Waals surface area contributed by atoms with Crippen molar-refractivity contribution < 1.29 is 9.59 Å². The molecule has 0 aromatic carbocycles. The Morgan fingerprint density at radius 3 is 1.55 bits per heavy atom. The van der Waals surface area contributed by atoms with Crippen molar-refractivity contribution >= 4 is 12.6 Å². The van der Waals surface area contributed by atoms with Gasteiger partial charge in [0.1, 0.15) is 12.6 Å². The maximum atomic E-state index is 9.95. The van der Waals surface area contributed by atoms with Crippen molar-refractivity contribution in [3.63, 3.8) is 0 Å². The summed E-state index contributed by atoms with van der Waals surface area (Å²) in [5, 5.41) is 0. The van der Waals surface area contributed by atoms with E-state index in [1.807, 2.05) is 27.7 Å². The first-order chi connectivity index (χ1) is 5.09. The average Bonchev–Trinajstić information content (AvgIpc) is 2.03. The van der Waals surface area contributed by atoms with Crippen molar-refractivity contribution in [3.05, 3.63) is 0 Å². The van der Waals surface area contributed by atoms with Gasteiger partial charge in [-0.2, -0.15) is 0 Å². The highest BCUT2D eigenvalue weighted by atomic mass is 16.1. The molecule has 1 unspecified atom stereocenters. The van der Waals surface area contributed by atoms with Gasteiger partial charge in [0.05, 0.1) is 0 Å².